The van der Waals surface area contributed by atoms with Crippen molar-refractivity contribution in [1.29, 1.82) is 0 Å². The fourth-order valence-corrected chi connectivity index (χ4v) is 20.6. The molecule has 0 nitrogen and oxygen atoms in total. The minimum absolute atomic E-state index is 0.381. The van der Waals surface area contributed by atoms with E-state index in [9.17, 15) is 1.37 Å². The lowest BCUT2D eigenvalue weighted by molar-refractivity contribution is 0.486. The molecular weight excluding hydrogens is 783 g/mol. The SMILES string of the molecule is [2H]c1c(-c2c(C(C)C)cc(C(C)C)cc2C(C)C)c(P(C2CCCCC2)C2CCCCC2)cc(P(C2CCCCC2)C2CCCCC2)c1-c1c(C(C)C)cc(C(C)C)cc1C(C)C. The summed E-state index contributed by atoms with van der Waals surface area (Å²) in [6, 6.07) is 14.4. The molecule has 2 heteroatoms. The maximum Gasteiger partial charge on any atom is 0.0636 e. The largest absolute Gasteiger partial charge is 0.0683 e. The second-order valence-corrected chi connectivity index (χ2v) is 28.4. The van der Waals surface area contributed by atoms with E-state index in [1.807, 2.05) is 0 Å². The minimum atomic E-state index is -0.457. The highest BCUT2D eigenvalue weighted by Crippen LogP contribution is 2.61. The van der Waals surface area contributed by atoms with Gasteiger partial charge in [-0.1, -0.05) is 200 Å². The van der Waals surface area contributed by atoms with Gasteiger partial charge >= 0.3 is 0 Å². The highest BCUT2D eigenvalue weighted by molar-refractivity contribution is 7.69. The summed E-state index contributed by atoms with van der Waals surface area (Å²) in [5.74, 6) is 2.47. The van der Waals surface area contributed by atoms with Crippen LogP contribution in [0.2, 0.25) is 0 Å². The predicted octanol–water partition coefficient (Wildman–Crippen LogP) is 19.3. The molecule has 0 N–H and O–H groups in total. The van der Waals surface area contributed by atoms with E-state index in [4.69, 9.17) is 0 Å². The Morgan fingerprint density at radius 3 is 0.806 bits per heavy atom. The zero-order valence-electron chi connectivity index (χ0n) is 43.2. The van der Waals surface area contributed by atoms with Gasteiger partial charge in [-0.15, -0.1) is 0 Å². The first-order valence-corrected chi connectivity index (χ1v) is 29.8. The molecule has 62 heavy (non-hydrogen) atoms. The smallest absolute Gasteiger partial charge is 0.0636 e. The summed E-state index contributed by atoms with van der Waals surface area (Å²) >= 11 is 0. The molecule has 0 bridgehead atoms. The first-order valence-electron chi connectivity index (χ1n) is 27.3. The van der Waals surface area contributed by atoms with Crippen molar-refractivity contribution in [3.63, 3.8) is 0 Å². The van der Waals surface area contributed by atoms with E-state index < -0.39 is 15.8 Å². The van der Waals surface area contributed by atoms with Crippen LogP contribution < -0.4 is 10.6 Å². The van der Waals surface area contributed by atoms with Gasteiger partial charge in [-0.3, -0.25) is 0 Å². The first kappa shape index (κ1) is 47.0. The molecule has 0 heterocycles. The average molecular weight is 876 g/mol. The van der Waals surface area contributed by atoms with Crippen molar-refractivity contribution in [2.75, 3.05) is 0 Å². The van der Waals surface area contributed by atoms with Crippen LogP contribution in [0.3, 0.4) is 0 Å². The summed E-state index contributed by atoms with van der Waals surface area (Å²) in [5.41, 5.74) is 17.9. The van der Waals surface area contributed by atoms with Gasteiger partial charge in [0.05, 0.1) is 1.37 Å². The topological polar surface area (TPSA) is 0 Å². The van der Waals surface area contributed by atoms with E-state index in [1.54, 1.807) is 10.6 Å². The molecule has 0 unspecified atom stereocenters. The molecule has 3 aromatic carbocycles. The van der Waals surface area contributed by atoms with E-state index in [2.05, 4.69) is 113 Å². The molecule has 0 spiro atoms. The molecule has 3 aromatic rings. The fourth-order valence-electron chi connectivity index (χ4n) is 12.6. The van der Waals surface area contributed by atoms with Crippen LogP contribution in [-0.4, -0.2) is 22.6 Å². The Morgan fingerprint density at radius 2 is 0.597 bits per heavy atom. The Hall–Kier alpha value is -1.48. The third-order valence-electron chi connectivity index (χ3n) is 16.2. The van der Waals surface area contributed by atoms with Gasteiger partial charge in [0.15, 0.2) is 0 Å². The Labute approximate surface area is 387 Å². The number of rotatable bonds is 14. The molecule has 4 saturated carbocycles. The van der Waals surface area contributed by atoms with E-state index in [-0.39, 0.29) is 0 Å². The third-order valence-corrected chi connectivity index (χ3v) is 23.3. The van der Waals surface area contributed by atoms with Crippen molar-refractivity contribution in [3.05, 3.63) is 69.8 Å². The summed E-state index contributed by atoms with van der Waals surface area (Å²) in [5, 5.41) is 3.42. The quantitative estimate of drug-likeness (QED) is 0.142. The summed E-state index contributed by atoms with van der Waals surface area (Å²) in [6.07, 6.45) is 28.0. The van der Waals surface area contributed by atoms with Crippen LogP contribution in [0.5, 0.6) is 0 Å². The molecule has 4 aliphatic rings. The predicted molar refractivity (Wildman–Crippen MR) is 282 cm³/mol. The van der Waals surface area contributed by atoms with Crippen LogP contribution in [0.4, 0.5) is 0 Å². The minimum Gasteiger partial charge on any atom is -0.0683 e. The van der Waals surface area contributed by atoms with Crippen molar-refractivity contribution in [1.82, 2.24) is 0 Å². The van der Waals surface area contributed by atoms with E-state index in [0.29, 0.717) is 35.5 Å². The number of benzene rings is 3. The van der Waals surface area contributed by atoms with E-state index in [0.717, 1.165) is 28.7 Å². The van der Waals surface area contributed by atoms with Crippen molar-refractivity contribution in [2.45, 2.75) is 270 Å². The second kappa shape index (κ2) is 21.9. The maximum absolute atomic E-state index is 11.6. The lowest BCUT2D eigenvalue weighted by Gasteiger charge is -2.43. The molecule has 0 saturated heterocycles. The molecule has 342 valence electrons. The van der Waals surface area contributed by atoms with Crippen LogP contribution >= 0.6 is 15.8 Å². The second-order valence-electron chi connectivity index (χ2n) is 22.8. The van der Waals surface area contributed by atoms with Crippen molar-refractivity contribution >= 4 is 26.5 Å². The van der Waals surface area contributed by atoms with Crippen molar-refractivity contribution in [2.24, 2.45) is 0 Å². The lowest BCUT2D eigenvalue weighted by Crippen LogP contribution is -2.32. The molecule has 0 aliphatic heterocycles. The molecule has 0 radical (unpaired) electrons. The van der Waals surface area contributed by atoms with Gasteiger partial charge < -0.3 is 0 Å². The molecule has 7 rings (SSSR count). The van der Waals surface area contributed by atoms with Crippen LogP contribution in [-0.2, 0) is 0 Å². The zero-order valence-corrected chi connectivity index (χ0v) is 44.0. The molecule has 0 amide bonds. The van der Waals surface area contributed by atoms with Crippen LogP contribution in [0.15, 0.2) is 36.4 Å². The van der Waals surface area contributed by atoms with Gasteiger partial charge in [-0.2, -0.15) is 0 Å². The Bertz CT molecular complexity index is 1730. The fraction of sp³-hybridized carbons (Fsp3) is 0.700. The average Bonchev–Trinajstić information content (AvgIpc) is 3.27. The number of hydrogen-bond acceptors (Lipinski definition) is 0. The van der Waals surface area contributed by atoms with Gasteiger partial charge in [0.2, 0.25) is 0 Å². The van der Waals surface area contributed by atoms with Crippen LogP contribution in [0.25, 0.3) is 22.3 Å². The Balaban J connectivity index is 1.72. The Kier molecular flexibility index (Phi) is 16.6. The van der Waals surface area contributed by atoms with Crippen molar-refractivity contribution < 1.29 is 1.37 Å². The van der Waals surface area contributed by atoms with Crippen molar-refractivity contribution in [3.8, 4) is 22.3 Å². The molecule has 4 aliphatic carbocycles. The van der Waals surface area contributed by atoms with Crippen LogP contribution in [0.1, 0.15) is 282 Å². The van der Waals surface area contributed by atoms with Gasteiger partial charge in [0, 0.05) is 0 Å². The first-order chi connectivity index (χ1) is 30.2. The van der Waals surface area contributed by atoms with Gasteiger partial charge in [0.1, 0.15) is 0 Å². The lowest BCUT2D eigenvalue weighted by atomic mass is 9.79. The normalized spacial score (nSPS) is 19.8. The van der Waals surface area contributed by atoms with E-state index in [1.165, 1.54) is 184 Å². The van der Waals surface area contributed by atoms with Gasteiger partial charge in [-0.05, 0) is 188 Å². The molecule has 0 atom stereocenters. The highest BCUT2D eigenvalue weighted by Gasteiger charge is 2.40. The summed E-state index contributed by atoms with van der Waals surface area (Å²) in [7, 11) is -0.914. The van der Waals surface area contributed by atoms with Crippen LogP contribution in [0, 0.1) is 0 Å². The Morgan fingerprint density at radius 1 is 0.355 bits per heavy atom. The van der Waals surface area contributed by atoms with E-state index >= 15 is 0 Å². The molecule has 0 aromatic heterocycles. The molecule has 4 fully saturated rings. The third kappa shape index (κ3) is 10.7. The monoisotopic (exact) mass is 876 g/mol. The standard InChI is InChI=1S/C60H92P2/c1-39(2)45-33-51(41(5)6)59(52(34-45)42(7)8)55-37-56(60-53(43(9)10)35-46(40(3)4)36-54(60)44(11)12)58(62(49-29-21-15-22-30-49)50-31-23-16-24-32-50)38-57(55)61(47-25-17-13-18-26-47)48-27-19-14-20-28-48/h33-44,47-50H,13-32H2,1-12H3/i37D. The number of hydrogen-bond donors (Lipinski definition) is 0. The molecular formula is C60H92P2. The maximum atomic E-state index is 11.6. The summed E-state index contributed by atoms with van der Waals surface area (Å²) < 4.78 is 11.6. The van der Waals surface area contributed by atoms with Gasteiger partial charge in [-0.25, -0.2) is 0 Å². The zero-order chi connectivity index (χ0) is 45.1. The highest BCUT2D eigenvalue weighted by atomic mass is 31.1. The summed E-state index contributed by atoms with van der Waals surface area (Å²) in [6.45, 7) is 29.2. The van der Waals surface area contributed by atoms with Gasteiger partial charge in [0.25, 0.3) is 0 Å². The summed E-state index contributed by atoms with van der Waals surface area (Å²) in [4.78, 5) is 0.